The minimum Gasteiger partial charge on any atom is -0.493 e. The van der Waals surface area contributed by atoms with Crippen LogP contribution in [-0.4, -0.2) is 25.8 Å². The second kappa shape index (κ2) is 7.49. The number of carbonyl (C=O) groups excluding carboxylic acids is 1. The van der Waals surface area contributed by atoms with Crippen molar-refractivity contribution in [2.24, 2.45) is 0 Å². The maximum absolute atomic E-state index is 12.1. The number of hydrogen-bond donors (Lipinski definition) is 0. The number of carbonyl (C=O) groups is 1. The van der Waals surface area contributed by atoms with Gasteiger partial charge in [0.15, 0.2) is 0 Å². The van der Waals surface area contributed by atoms with Crippen LogP contribution in [-0.2, 0) is 19.0 Å². The number of rotatable bonds is 5. The lowest BCUT2D eigenvalue weighted by molar-refractivity contribution is -0.144. The molecule has 2 aromatic rings. The van der Waals surface area contributed by atoms with Crippen molar-refractivity contribution in [3.63, 3.8) is 0 Å². The fraction of sp³-hybridized carbons (Fsp3) is 0.211. The lowest BCUT2D eigenvalue weighted by atomic mass is 9.92. The smallest absolute Gasteiger partial charge is 0.376 e. The van der Waals surface area contributed by atoms with Crippen molar-refractivity contribution in [2.75, 3.05) is 19.8 Å². The molecule has 1 heterocycles. The molecule has 4 heteroatoms. The monoisotopic (exact) mass is 310 g/mol. The summed E-state index contributed by atoms with van der Waals surface area (Å²) in [7, 11) is 0. The Kier molecular flexibility index (Phi) is 4.94. The molecule has 0 N–H and O–H groups in total. The molecule has 4 nitrogen and oxygen atoms in total. The Balaban J connectivity index is 1.74. The molecule has 2 aromatic carbocycles. The predicted octanol–water partition coefficient (Wildman–Crippen LogP) is 3.25. The number of hydrogen-bond acceptors (Lipinski definition) is 4. The van der Waals surface area contributed by atoms with E-state index in [9.17, 15) is 4.79 Å². The van der Waals surface area contributed by atoms with Crippen LogP contribution in [0.25, 0.3) is 0 Å². The van der Waals surface area contributed by atoms with Gasteiger partial charge in [-0.1, -0.05) is 60.7 Å². The van der Waals surface area contributed by atoms with Crippen LogP contribution in [0.5, 0.6) is 0 Å². The van der Waals surface area contributed by atoms with Gasteiger partial charge in [0.2, 0.25) is 5.76 Å². The van der Waals surface area contributed by atoms with Crippen LogP contribution >= 0.6 is 0 Å². The van der Waals surface area contributed by atoms with Crippen molar-refractivity contribution in [2.45, 2.75) is 5.92 Å². The summed E-state index contributed by atoms with van der Waals surface area (Å²) in [6.07, 6.45) is 1.31. The number of esters is 1. The van der Waals surface area contributed by atoms with E-state index in [1.165, 1.54) is 6.26 Å². The Morgan fingerprint density at radius 2 is 1.57 bits per heavy atom. The summed E-state index contributed by atoms with van der Waals surface area (Å²) in [6.45, 7) is 1.06. The highest BCUT2D eigenvalue weighted by molar-refractivity contribution is 5.86. The SMILES string of the molecule is O=C(OCC(c1ccccc1)c1ccccc1)C1=COCCO1. The third-order valence-corrected chi connectivity index (χ3v) is 3.64. The standard InChI is InChI=1S/C19H18O4/c20-19(18-14-21-11-12-22-18)23-13-17(15-7-3-1-4-8-15)16-9-5-2-6-10-16/h1-10,14,17H,11-13H2. The van der Waals surface area contributed by atoms with E-state index >= 15 is 0 Å². The van der Waals surface area contributed by atoms with E-state index in [0.29, 0.717) is 13.2 Å². The molecule has 3 rings (SSSR count). The minimum atomic E-state index is -0.499. The lowest BCUT2D eigenvalue weighted by Crippen LogP contribution is -2.20. The average molecular weight is 310 g/mol. The van der Waals surface area contributed by atoms with E-state index in [4.69, 9.17) is 14.2 Å². The van der Waals surface area contributed by atoms with Crippen LogP contribution in [0.2, 0.25) is 0 Å². The van der Waals surface area contributed by atoms with Gasteiger partial charge in [0.05, 0.1) is 0 Å². The Labute approximate surface area is 135 Å². The molecule has 0 unspecified atom stereocenters. The fourth-order valence-electron chi connectivity index (χ4n) is 2.46. The third kappa shape index (κ3) is 3.92. The van der Waals surface area contributed by atoms with Gasteiger partial charge in [-0.05, 0) is 11.1 Å². The van der Waals surface area contributed by atoms with Crippen LogP contribution in [0.1, 0.15) is 17.0 Å². The van der Waals surface area contributed by atoms with Crippen molar-refractivity contribution < 1.29 is 19.0 Å². The van der Waals surface area contributed by atoms with Gasteiger partial charge in [0.25, 0.3) is 0 Å². The highest BCUT2D eigenvalue weighted by atomic mass is 16.6. The molecule has 0 atom stereocenters. The summed E-state index contributed by atoms with van der Waals surface area (Å²) < 4.78 is 15.8. The van der Waals surface area contributed by atoms with Crippen LogP contribution in [0.3, 0.4) is 0 Å². The predicted molar refractivity (Wildman–Crippen MR) is 85.7 cm³/mol. The average Bonchev–Trinajstić information content (AvgIpc) is 2.64. The molecule has 0 aromatic heterocycles. The molecule has 0 radical (unpaired) electrons. The molecule has 0 bridgehead atoms. The molecular weight excluding hydrogens is 292 g/mol. The Morgan fingerprint density at radius 3 is 2.09 bits per heavy atom. The highest BCUT2D eigenvalue weighted by Crippen LogP contribution is 2.25. The quantitative estimate of drug-likeness (QED) is 0.795. The number of ether oxygens (including phenoxy) is 3. The molecule has 1 aliphatic rings. The minimum absolute atomic E-state index is 0.0218. The van der Waals surface area contributed by atoms with Gasteiger partial charge in [0.1, 0.15) is 26.1 Å². The fourth-order valence-corrected chi connectivity index (χ4v) is 2.46. The summed E-state index contributed by atoms with van der Waals surface area (Å²) in [6, 6.07) is 20.0. The van der Waals surface area contributed by atoms with E-state index in [0.717, 1.165) is 11.1 Å². The zero-order valence-corrected chi connectivity index (χ0v) is 12.7. The topological polar surface area (TPSA) is 44.8 Å². The summed E-state index contributed by atoms with van der Waals surface area (Å²) >= 11 is 0. The van der Waals surface area contributed by atoms with Crippen molar-refractivity contribution >= 4 is 5.97 Å². The van der Waals surface area contributed by atoms with Gasteiger partial charge in [0, 0.05) is 5.92 Å². The molecule has 0 amide bonds. The lowest BCUT2D eigenvalue weighted by Gasteiger charge is -2.19. The normalized spacial score (nSPS) is 13.7. The summed E-state index contributed by atoms with van der Waals surface area (Å²) in [4.78, 5) is 12.1. The zero-order valence-electron chi connectivity index (χ0n) is 12.7. The van der Waals surface area contributed by atoms with Crippen molar-refractivity contribution in [1.82, 2.24) is 0 Å². The molecule has 0 spiro atoms. The second-order valence-corrected chi connectivity index (χ2v) is 5.17. The Bertz CT molecular complexity index is 625. The second-order valence-electron chi connectivity index (χ2n) is 5.17. The molecule has 1 aliphatic heterocycles. The Hall–Kier alpha value is -2.75. The maximum atomic E-state index is 12.1. The van der Waals surface area contributed by atoms with Gasteiger partial charge >= 0.3 is 5.97 Å². The summed E-state index contributed by atoms with van der Waals surface area (Å²) in [5, 5.41) is 0. The van der Waals surface area contributed by atoms with Crippen molar-refractivity contribution in [3.8, 4) is 0 Å². The van der Waals surface area contributed by atoms with Gasteiger partial charge < -0.3 is 14.2 Å². The van der Waals surface area contributed by atoms with Crippen LogP contribution in [0.4, 0.5) is 0 Å². The van der Waals surface area contributed by atoms with Gasteiger partial charge in [-0.3, -0.25) is 0 Å². The van der Waals surface area contributed by atoms with Gasteiger partial charge in [-0.2, -0.15) is 0 Å². The van der Waals surface area contributed by atoms with E-state index < -0.39 is 5.97 Å². The summed E-state index contributed by atoms with van der Waals surface area (Å²) in [5.41, 5.74) is 2.20. The maximum Gasteiger partial charge on any atom is 0.376 e. The first-order valence-electron chi connectivity index (χ1n) is 7.56. The van der Waals surface area contributed by atoms with E-state index in [1.807, 2.05) is 60.7 Å². The first kappa shape index (κ1) is 15.2. The zero-order chi connectivity index (χ0) is 15.9. The summed E-state index contributed by atoms with van der Waals surface area (Å²) in [5.74, 6) is -0.399. The van der Waals surface area contributed by atoms with Crippen LogP contribution in [0, 0.1) is 0 Å². The first-order chi connectivity index (χ1) is 11.3. The van der Waals surface area contributed by atoms with Crippen molar-refractivity contribution in [3.05, 3.63) is 83.8 Å². The Morgan fingerprint density at radius 1 is 0.957 bits per heavy atom. The molecule has 0 aliphatic carbocycles. The van der Waals surface area contributed by atoms with E-state index in [1.54, 1.807) is 0 Å². The largest absolute Gasteiger partial charge is 0.493 e. The van der Waals surface area contributed by atoms with Gasteiger partial charge in [-0.15, -0.1) is 0 Å². The highest BCUT2D eigenvalue weighted by Gasteiger charge is 2.20. The molecule has 118 valence electrons. The van der Waals surface area contributed by atoms with E-state index in [2.05, 4.69) is 0 Å². The molecule has 23 heavy (non-hydrogen) atoms. The van der Waals surface area contributed by atoms with Crippen molar-refractivity contribution in [1.29, 1.82) is 0 Å². The molecule has 0 fully saturated rings. The molecule has 0 saturated heterocycles. The first-order valence-corrected chi connectivity index (χ1v) is 7.56. The molecular formula is C19H18O4. The van der Waals surface area contributed by atoms with Crippen LogP contribution in [0.15, 0.2) is 72.7 Å². The number of benzene rings is 2. The third-order valence-electron chi connectivity index (χ3n) is 3.64. The van der Waals surface area contributed by atoms with E-state index in [-0.39, 0.29) is 18.3 Å². The van der Waals surface area contributed by atoms with Gasteiger partial charge in [-0.25, -0.2) is 4.79 Å². The molecule has 0 saturated carbocycles. The van der Waals surface area contributed by atoms with Crippen LogP contribution < -0.4 is 0 Å².